The van der Waals surface area contributed by atoms with Crippen LogP contribution in [-0.2, 0) is 6.54 Å². The molecule has 19 heavy (non-hydrogen) atoms. The van der Waals surface area contributed by atoms with E-state index in [4.69, 9.17) is 10.5 Å². The summed E-state index contributed by atoms with van der Waals surface area (Å²) in [6.45, 7) is 0.577. The van der Waals surface area contributed by atoms with Gasteiger partial charge in [0.15, 0.2) is 0 Å². The van der Waals surface area contributed by atoms with E-state index in [9.17, 15) is 4.79 Å². The lowest BCUT2D eigenvalue weighted by atomic mass is 10.2. The zero-order valence-electron chi connectivity index (χ0n) is 10.6. The minimum Gasteiger partial charge on any atom is -0.481 e. The first kappa shape index (κ1) is 12.9. The first-order valence-electron chi connectivity index (χ1n) is 5.82. The van der Waals surface area contributed by atoms with Crippen LogP contribution in [0.15, 0.2) is 42.5 Å². The number of ether oxygens (including phenoxy) is 1. The molecule has 0 aliphatic carbocycles. The molecule has 1 heterocycles. The van der Waals surface area contributed by atoms with Gasteiger partial charge in [0.2, 0.25) is 11.8 Å². The summed E-state index contributed by atoms with van der Waals surface area (Å²) in [7, 11) is 1.59. The van der Waals surface area contributed by atoms with Gasteiger partial charge in [-0.3, -0.25) is 4.79 Å². The maximum absolute atomic E-state index is 10.9. The Labute approximate surface area is 111 Å². The molecule has 0 saturated carbocycles. The molecule has 5 nitrogen and oxygen atoms in total. The maximum Gasteiger partial charge on any atom is 0.248 e. The normalized spacial score (nSPS) is 9.95. The Hall–Kier alpha value is -2.56. The average Bonchev–Trinajstić information content (AvgIpc) is 2.46. The highest BCUT2D eigenvalue weighted by molar-refractivity contribution is 5.93. The Bertz CT molecular complexity index is 567. The van der Waals surface area contributed by atoms with E-state index in [2.05, 4.69) is 10.3 Å². The van der Waals surface area contributed by atoms with Crippen molar-refractivity contribution >= 4 is 11.6 Å². The third-order valence-electron chi connectivity index (χ3n) is 2.63. The molecule has 2 aromatic rings. The number of carbonyl (C=O) groups is 1. The summed E-state index contributed by atoms with van der Waals surface area (Å²) in [6, 6.07) is 12.6. The number of nitrogens with one attached hydrogen (secondary N) is 1. The second-order valence-electron chi connectivity index (χ2n) is 3.97. The molecule has 0 aliphatic heterocycles. The van der Waals surface area contributed by atoms with Crippen molar-refractivity contribution in [3.63, 3.8) is 0 Å². The molecular formula is C14H15N3O2. The van der Waals surface area contributed by atoms with Gasteiger partial charge in [0.05, 0.1) is 19.3 Å². The Morgan fingerprint density at radius 2 is 2.00 bits per heavy atom. The first-order valence-corrected chi connectivity index (χ1v) is 5.82. The molecular weight excluding hydrogens is 242 g/mol. The number of aromatic nitrogens is 1. The first-order chi connectivity index (χ1) is 9.19. The average molecular weight is 257 g/mol. The van der Waals surface area contributed by atoms with Crippen molar-refractivity contribution in [3.8, 4) is 5.88 Å². The van der Waals surface area contributed by atoms with Gasteiger partial charge in [-0.05, 0) is 30.3 Å². The quantitative estimate of drug-likeness (QED) is 0.856. The van der Waals surface area contributed by atoms with Crippen molar-refractivity contribution in [3.05, 3.63) is 53.7 Å². The van der Waals surface area contributed by atoms with Crippen LogP contribution >= 0.6 is 0 Å². The number of rotatable bonds is 5. The van der Waals surface area contributed by atoms with Gasteiger partial charge in [-0.1, -0.05) is 6.07 Å². The standard InChI is InChI=1S/C14H15N3O2/c1-19-13-4-2-3-12(17-13)9-16-11-7-5-10(6-8-11)14(15)18/h2-8,16H,9H2,1H3,(H2,15,18). The fourth-order valence-electron chi connectivity index (χ4n) is 1.61. The van der Waals surface area contributed by atoms with E-state index < -0.39 is 5.91 Å². The molecule has 0 unspecified atom stereocenters. The molecule has 98 valence electrons. The molecule has 0 bridgehead atoms. The summed E-state index contributed by atoms with van der Waals surface area (Å²) < 4.78 is 5.06. The van der Waals surface area contributed by atoms with Crippen molar-refractivity contribution in [1.82, 2.24) is 4.98 Å². The van der Waals surface area contributed by atoms with Gasteiger partial charge in [0.25, 0.3) is 0 Å². The van der Waals surface area contributed by atoms with Crippen molar-refractivity contribution in [2.24, 2.45) is 5.73 Å². The molecule has 0 spiro atoms. The Morgan fingerprint density at radius 1 is 1.26 bits per heavy atom. The number of hydrogen-bond acceptors (Lipinski definition) is 4. The Kier molecular flexibility index (Phi) is 3.97. The van der Waals surface area contributed by atoms with E-state index >= 15 is 0 Å². The summed E-state index contributed by atoms with van der Waals surface area (Å²) >= 11 is 0. The molecule has 1 amide bonds. The largest absolute Gasteiger partial charge is 0.481 e. The minimum absolute atomic E-state index is 0.430. The zero-order valence-corrected chi connectivity index (χ0v) is 10.6. The van der Waals surface area contributed by atoms with Crippen LogP contribution in [0.25, 0.3) is 0 Å². The topological polar surface area (TPSA) is 77.2 Å². The predicted molar refractivity (Wildman–Crippen MR) is 73.1 cm³/mol. The lowest BCUT2D eigenvalue weighted by Crippen LogP contribution is -2.10. The van der Waals surface area contributed by atoms with Crippen LogP contribution in [0.3, 0.4) is 0 Å². The Balaban J connectivity index is 1.99. The second-order valence-corrected chi connectivity index (χ2v) is 3.97. The highest BCUT2D eigenvalue weighted by atomic mass is 16.5. The zero-order chi connectivity index (χ0) is 13.7. The van der Waals surface area contributed by atoms with Crippen molar-refractivity contribution < 1.29 is 9.53 Å². The van der Waals surface area contributed by atoms with Gasteiger partial charge in [-0.2, -0.15) is 0 Å². The van der Waals surface area contributed by atoms with Gasteiger partial charge in [0.1, 0.15) is 0 Å². The van der Waals surface area contributed by atoms with E-state index in [1.807, 2.05) is 12.1 Å². The van der Waals surface area contributed by atoms with Gasteiger partial charge >= 0.3 is 0 Å². The van der Waals surface area contributed by atoms with E-state index in [-0.39, 0.29) is 0 Å². The van der Waals surface area contributed by atoms with E-state index in [1.165, 1.54) is 0 Å². The lowest BCUT2D eigenvalue weighted by Gasteiger charge is -2.07. The summed E-state index contributed by atoms with van der Waals surface area (Å²) in [4.78, 5) is 15.2. The number of methoxy groups -OCH3 is 1. The van der Waals surface area contributed by atoms with E-state index in [0.717, 1.165) is 11.4 Å². The smallest absolute Gasteiger partial charge is 0.248 e. The van der Waals surface area contributed by atoms with Crippen LogP contribution < -0.4 is 15.8 Å². The molecule has 3 N–H and O–H groups in total. The fourth-order valence-corrected chi connectivity index (χ4v) is 1.61. The molecule has 5 heteroatoms. The number of benzene rings is 1. The number of carbonyl (C=O) groups excluding carboxylic acids is 1. The number of nitrogens with two attached hydrogens (primary N) is 1. The SMILES string of the molecule is COc1cccc(CNc2ccc(C(N)=O)cc2)n1. The van der Waals surface area contributed by atoms with Crippen molar-refractivity contribution in [2.45, 2.75) is 6.54 Å². The van der Waals surface area contributed by atoms with Crippen molar-refractivity contribution in [2.75, 3.05) is 12.4 Å². The summed E-state index contributed by atoms with van der Waals surface area (Å²) in [5.74, 6) is 0.157. The number of nitrogens with zero attached hydrogens (tertiary/aromatic N) is 1. The fraction of sp³-hybridized carbons (Fsp3) is 0.143. The molecule has 2 rings (SSSR count). The summed E-state index contributed by atoms with van der Waals surface area (Å²) in [5.41, 5.74) is 7.44. The number of anilines is 1. The van der Waals surface area contributed by atoms with Crippen LogP contribution in [0.2, 0.25) is 0 Å². The van der Waals surface area contributed by atoms with Crippen molar-refractivity contribution in [1.29, 1.82) is 0 Å². The van der Waals surface area contributed by atoms with Gasteiger partial charge in [-0.25, -0.2) is 4.98 Å². The van der Waals surface area contributed by atoms with Crippen LogP contribution in [0.5, 0.6) is 5.88 Å². The lowest BCUT2D eigenvalue weighted by molar-refractivity contribution is 0.100. The number of hydrogen-bond donors (Lipinski definition) is 2. The summed E-state index contributed by atoms with van der Waals surface area (Å²) in [6.07, 6.45) is 0. The second kappa shape index (κ2) is 5.86. The molecule has 1 aromatic heterocycles. The monoisotopic (exact) mass is 257 g/mol. The van der Waals surface area contributed by atoms with Gasteiger partial charge in [-0.15, -0.1) is 0 Å². The maximum atomic E-state index is 10.9. The highest BCUT2D eigenvalue weighted by Crippen LogP contribution is 2.12. The molecule has 0 atom stereocenters. The van der Waals surface area contributed by atoms with E-state index in [0.29, 0.717) is 18.0 Å². The molecule has 0 radical (unpaired) electrons. The number of primary amides is 1. The molecule has 0 saturated heterocycles. The predicted octanol–water partition coefficient (Wildman–Crippen LogP) is 1.80. The number of amides is 1. The molecule has 0 aliphatic rings. The van der Waals surface area contributed by atoms with Crippen LogP contribution in [-0.4, -0.2) is 18.0 Å². The minimum atomic E-state index is -0.430. The van der Waals surface area contributed by atoms with Crippen LogP contribution in [0, 0.1) is 0 Å². The third kappa shape index (κ3) is 3.45. The van der Waals surface area contributed by atoms with Gasteiger partial charge in [0, 0.05) is 17.3 Å². The highest BCUT2D eigenvalue weighted by Gasteiger charge is 2.01. The molecule has 1 aromatic carbocycles. The molecule has 0 fully saturated rings. The van der Waals surface area contributed by atoms with Gasteiger partial charge < -0.3 is 15.8 Å². The Morgan fingerprint density at radius 3 is 2.63 bits per heavy atom. The summed E-state index contributed by atoms with van der Waals surface area (Å²) in [5, 5.41) is 3.21. The van der Waals surface area contributed by atoms with E-state index in [1.54, 1.807) is 37.4 Å². The number of pyridine rings is 1. The third-order valence-corrected chi connectivity index (χ3v) is 2.63. The van der Waals surface area contributed by atoms with Crippen LogP contribution in [0.4, 0.5) is 5.69 Å². The van der Waals surface area contributed by atoms with Crippen LogP contribution in [0.1, 0.15) is 16.1 Å².